The third-order valence-corrected chi connectivity index (χ3v) is 8.59. The molecule has 0 saturated heterocycles. The zero-order chi connectivity index (χ0) is 31.5. The van der Waals surface area contributed by atoms with Crippen LogP contribution in [0.5, 0.6) is 0 Å². The zero-order valence-corrected chi connectivity index (χ0v) is 26.2. The number of amides is 2. The normalized spacial score (nSPS) is 14.4. The lowest BCUT2D eigenvalue weighted by molar-refractivity contribution is -0.115. The summed E-state index contributed by atoms with van der Waals surface area (Å²) in [5.41, 5.74) is 4.31. The molecule has 4 aromatic carbocycles. The van der Waals surface area contributed by atoms with E-state index in [1.165, 1.54) is 16.7 Å². The van der Waals surface area contributed by atoms with E-state index in [4.69, 9.17) is 0 Å². The number of nitrogens with zero attached hydrogens (tertiary/aromatic N) is 3. The van der Waals surface area contributed by atoms with Crippen molar-refractivity contribution in [3.8, 4) is 11.3 Å². The van der Waals surface area contributed by atoms with Gasteiger partial charge < -0.3 is 10.4 Å². The molecule has 1 atom stereocenters. The van der Waals surface area contributed by atoms with Crippen molar-refractivity contribution in [3.63, 3.8) is 0 Å². The van der Waals surface area contributed by atoms with Crippen LogP contribution in [-0.2, 0) is 9.59 Å². The number of thioether (sulfide) groups is 1. The topological polar surface area (TPSA) is 112 Å². The molecule has 6 rings (SSSR count). The summed E-state index contributed by atoms with van der Waals surface area (Å²) in [6, 6.07) is 32.5. The van der Waals surface area contributed by atoms with Crippen molar-refractivity contribution >= 4 is 79.0 Å². The monoisotopic (exact) mass is 676 g/mol. The van der Waals surface area contributed by atoms with Crippen molar-refractivity contribution < 1.29 is 19.5 Å². The standard InChI is InChI=1S/C35H25BrN4O4S/c1-21(45-35-39-31(19-22-8-7-9-24(36)18-22)33(42)40(35)26-10-3-2-4-11-26)32(41)37-25-16-14-23(15-17-25)30-20-28(34(43)44)27-12-5-6-13-29(27)38-30/h2-21H,1H3,(H,37,41)(H,43,44)/b31-19-. The molecule has 45 heavy (non-hydrogen) atoms. The number of carbonyl (C=O) groups is 3. The molecule has 1 unspecified atom stereocenters. The third kappa shape index (κ3) is 6.57. The highest BCUT2D eigenvalue weighted by Crippen LogP contribution is 2.32. The van der Waals surface area contributed by atoms with Crippen molar-refractivity contribution in [1.29, 1.82) is 0 Å². The van der Waals surface area contributed by atoms with E-state index in [1.807, 2.05) is 60.7 Å². The number of fused-ring (bicyclic) bond motifs is 1. The smallest absolute Gasteiger partial charge is 0.336 e. The Labute approximate surface area is 271 Å². The molecule has 8 nitrogen and oxygen atoms in total. The third-order valence-electron chi connectivity index (χ3n) is 7.04. The van der Waals surface area contributed by atoms with Gasteiger partial charge in [-0.2, -0.15) is 0 Å². The van der Waals surface area contributed by atoms with Crippen LogP contribution in [-0.4, -0.2) is 38.3 Å². The van der Waals surface area contributed by atoms with Crippen molar-refractivity contribution in [1.82, 2.24) is 4.98 Å². The van der Waals surface area contributed by atoms with Crippen molar-refractivity contribution in [3.05, 3.63) is 130 Å². The molecule has 2 heterocycles. The first-order chi connectivity index (χ1) is 21.8. The van der Waals surface area contributed by atoms with Gasteiger partial charge in [0, 0.05) is 21.1 Å². The molecular weight excluding hydrogens is 652 g/mol. The zero-order valence-electron chi connectivity index (χ0n) is 23.8. The van der Waals surface area contributed by atoms with Crippen LogP contribution >= 0.6 is 27.7 Å². The molecule has 0 spiro atoms. The fourth-order valence-electron chi connectivity index (χ4n) is 4.81. The molecule has 222 valence electrons. The maximum absolute atomic E-state index is 13.5. The average Bonchev–Trinajstić information content (AvgIpc) is 3.34. The highest BCUT2D eigenvalue weighted by Gasteiger charge is 2.34. The lowest BCUT2D eigenvalue weighted by atomic mass is 10.0. The Bertz CT molecular complexity index is 2010. The number of aliphatic imine (C=N–C) groups is 1. The van der Waals surface area contributed by atoms with Gasteiger partial charge in [-0.15, -0.1) is 0 Å². The molecule has 0 bridgehead atoms. The van der Waals surface area contributed by atoms with Crippen molar-refractivity contribution in [2.45, 2.75) is 12.2 Å². The summed E-state index contributed by atoms with van der Waals surface area (Å²) in [6.07, 6.45) is 1.73. The number of aromatic nitrogens is 1. The average molecular weight is 678 g/mol. The number of halogens is 1. The van der Waals surface area contributed by atoms with Gasteiger partial charge in [0.1, 0.15) is 5.70 Å². The molecule has 2 amide bonds. The van der Waals surface area contributed by atoms with Crippen LogP contribution in [0.15, 0.2) is 124 Å². The van der Waals surface area contributed by atoms with Crippen LogP contribution in [0, 0.1) is 0 Å². The van der Waals surface area contributed by atoms with Gasteiger partial charge in [-0.1, -0.05) is 88.4 Å². The van der Waals surface area contributed by atoms with E-state index in [2.05, 4.69) is 31.2 Å². The first-order valence-corrected chi connectivity index (χ1v) is 15.6. The van der Waals surface area contributed by atoms with Crippen LogP contribution in [0.1, 0.15) is 22.8 Å². The Morgan fingerprint density at radius 1 is 0.933 bits per heavy atom. The number of carbonyl (C=O) groups excluding carboxylic acids is 2. The number of benzene rings is 4. The molecule has 1 aliphatic rings. The van der Waals surface area contributed by atoms with Crippen LogP contribution in [0.2, 0.25) is 0 Å². The maximum Gasteiger partial charge on any atom is 0.336 e. The lowest BCUT2D eigenvalue weighted by Gasteiger charge is -2.20. The van der Waals surface area contributed by atoms with E-state index < -0.39 is 11.2 Å². The molecule has 10 heteroatoms. The predicted octanol–water partition coefficient (Wildman–Crippen LogP) is 7.87. The number of hydrogen-bond acceptors (Lipinski definition) is 6. The highest BCUT2D eigenvalue weighted by atomic mass is 79.9. The summed E-state index contributed by atoms with van der Waals surface area (Å²) in [6.45, 7) is 1.76. The Balaban J connectivity index is 1.20. The summed E-state index contributed by atoms with van der Waals surface area (Å²) in [5.74, 6) is -1.57. The highest BCUT2D eigenvalue weighted by molar-refractivity contribution is 9.10. The van der Waals surface area contributed by atoms with E-state index in [9.17, 15) is 19.5 Å². The number of para-hydroxylation sites is 2. The van der Waals surface area contributed by atoms with Crippen LogP contribution in [0.3, 0.4) is 0 Å². The first kappa shape index (κ1) is 30.0. The number of carboxylic acids is 1. The fraction of sp³-hybridized carbons (Fsp3) is 0.0571. The Morgan fingerprint density at radius 2 is 1.67 bits per heavy atom. The van der Waals surface area contributed by atoms with Gasteiger partial charge in [0.25, 0.3) is 5.91 Å². The quantitative estimate of drug-likeness (QED) is 0.170. The number of anilines is 2. The summed E-state index contributed by atoms with van der Waals surface area (Å²) in [5, 5.41) is 13.0. The summed E-state index contributed by atoms with van der Waals surface area (Å²) in [4.78, 5) is 49.5. The largest absolute Gasteiger partial charge is 0.478 e. The molecule has 2 N–H and O–H groups in total. The summed E-state index contributed by atoms with van der Waals surface area (Å²) in [7, 11) is 0. The second-order valence-corrected chi connectivity index (χ2v) is 12.4. The number of nitrogens with one attached hydrogen (secondary N) is 1. The summed E-state index contributed by atoms with van der Waals surface area (Å²) >= 11 is 4.65. The number of amidine groups is 1. The van der Waals surface area contributed by atoms with E-state index in [0.717, 1.165) is 10.0 Å². The van der Waals surface area contributed by atoms with Gasteiger partial charge in [-0.25, -0.2) is 14.8 Å². The molecule has 1 aromatic heterocycles. The minimum atomic E-state index is -1.03. The molecule has 5 aromatic rings. The molecule has 0 aliphatic carbocycles. The van der Waals surface area contributed by atoms with Gasteiger partial charge >= 0.3 is 5.97 Å². The number of aromatic carboxylic acids is 1. The van der Waals surface area contributed by atoms with Crippen LogP contribution in [0.25, 0.3) is 28.2 Å². The van der Waals surface area contributed by atoms with Crippen molar-refractivity contribution in [2.24, 2.45) is 4.99 Å². The van der Waals surface area contributed by atoms with E-state index in [-0.39, 0.29) is 23.1 Å². The van der Waals surface area contributed by atoms with Crippen molar-refractivity contribution in [2.75, 3.05) is 10.2 Å². The Hall–Kier alpha value is -5.06. The second-order valence-electron chi connectivity index (χ2n) is 10.2. The van der Waals surface area contributed by atoms with Crippen LogP contribution < -0.4 is 10.2 Å². The van der Waals surface area contributed by atoms with Gasteiger partial charge in [0.15, 0.2) is 5.17 Å². The van der Waals surface area contributed by atoms with Gasteiger partial charge in [0.2, 0.25) is 5.91 Å². The van der Waals surface area contributed by atoms with E-state index in [1.54, 1.807) is 61.5 Å². The molecular formula is C35H25BrN4O4S. The lowest BCUT2D eigenvalue weighted by Crippen LogP contribution is -2.33. The summed E-state index contributed by atoms with van der Waals surface area (Å²) < 4.78 is 0.887. The van der Waals surface area contributed by atoms with Crippen LogP contribution in [0.4, 0.5) is 11.4 Å². The van der Waals surface area contributed by atoms with Gasteiger partial charge in [-0.05, 0) is 67.1 Å². The van der Waals surface area contributed by atoms with Gasteiger partial charge in [-0.3, -0.25) is 14.5 Å². The number of pyridine rings is 1. The van der Waals surface area contributed by atoms with E-state index in [0.29, 0.717) is 38.7 Å². The minimum Gasteiger partial charge on any atom is -0.478 e. The Morgan fingerprint density at radius 3 is 2.40 bits per heavy atom. The number of hydrogen-bond donors (Lipinski definition) is 2. The van der Waals surface area contributed by atoms with E-state index >= 15 is 0 Å². The Kier molecular flexibility index (Phi) is 8.59. The number of carboxylic acid groups (broad SMARTS) is 1. The first-order valence-electron chi connectivity index (χ1n) is 13.9. The maximum atomic E-state index is 13.5. The predicted molar refractivity (Wildman–Crippen MR) is 183 cm³/mol. The minimum absolute atomic E-state index is 0.173. The SMILES string of the molecule is CC(SC1=N/C(=C\c2cccc(Br)c2)C(=O)N1c1ccccc1)C(=O)Nc1ccc(-c2cc(C(=O)O)c3ccccc3n2)cc1. The molecule has 0 radical (unpaired) electrons. The molecule has 1 aliphatic heterocycles. The molecule has 0 fully saturated rings. The number of rotatable bonds is 7. The second kappa shape index (κ2) is 12.9. The molecule has 0 saturated carbocycles. The van der Waals surface area contributed by atoms with Gasteiger partial charge in [0.05, 0.1) is 27.7 Å². The fourth-order valence-corrected chi connectivity index (χ4v) is 6.16.